The van der Waals surface area contributed by atoms with Gasteiger partial charge in [-0.25, -0.2) is 9.55 Å². The van der Waals surface area contributed by atoms with E-state index in [0.717, 1.165) is 11.4 Å². The molecular weight excluding hydrogens is 242 g/mol. The van der Waals surface area contributed by atoms with E-state index >= 15 is 0 Å². The summed E-state index contributed by atoms with van der Waals surface area (Å²) in [4.78, 5) is 4.28. The van der Waals surface area contributed by atoms with Crippen molar-refractivity contribution in [2.24, 2.45) is 5.41 Å². The maximum Gasteiger partial charge on any atom is 0.190 e. The van der Waals surface area contributed by atoms with Crippen molar-refractivity contribution in [3.05, 3.63) is 23.1 Å². The third kappa shape index (κ3) is 4.23. The highest BCUT2D eigenvalue weighted by atomic mass is 32.2. The summed E-state index contributed by atoms with van der Waals surface area (Å²) in [5, 5.41) is 11.2. The molecule has 0 unspecified atom stereocenters. The number of nitriles is 1. The van der Waals surface area contributed by atoms with E-state index in [0.29, 0.717) is 17.2 Å². The number of hydrogen-bond acceptors (Lipinski definition) is 3. The van der Waals surface area contributed by atoms with Crippen molar-refractivity contribution < 1.29 is 0 Å². The second kappa shape index (κ2) is 6.10. The van der Waals surface area contributed by atoms with Crippen LogP contribution in [0.4, 0.5) is 0 Å². The molecule has 4 heteroatoms. The molecule has 18 heavy (non-hydrogen) atoms. The molecule has 0 fully saturated rings. The van der Waals surface area contributed by atoms with Gasteiger partial charge in [-0.3, -0.25) is 0 Å². The van der Waals surface area contributed by atoms with E-state index in [-0.39, 0.29) is 0 Å². The lowest BCUT2D eigenvalue weighted by Crippen LogP contribution is -2.07. The SMILES string of the molecule is CC(C)c1cnc(/C=C/SCC(C)(C)C)n1C#N. The van der Waals surface area contributed by atoms with Gasteiger partial charge in [0.25, 0.3) is 0 Å². The fraction of sp³-hybridized carbons (Fsp3) is 0.571. The Balaban J connectivity index is 2.74. The predicted molar refractivity (Wildman–Crippen MR) is 78.3 cm³/mol. The molecule has 3 nitrogen and oxygen atoms in total. The zero-order valence-electron chi connectivity index (χ0n) is 11.8. The van der Waals surface area contributed by atoms with E-state index in [2.05, 4.69) is 45.8 Å². The second-order valence-electron chi connectivity index (χ2n) is 5.81. The first-order chi connectivity index (χ1) is 8.35. The Kier molecular flexibility index (Phi) is 5.03. The first-order valence-electron chi connectivity index (χ1n) is 6.11. The number of hydrogen-bond donors (Lipinski definition) is 0. The minimum atomic E-state index is 0.307. The van der Waals surface area contributed by atoms with Crippen LogP contribution in [0.1, 0.15) is 52.1 Å². The van der Waals surface area contributed by atoms with Crippen molar-refractivity contribution in [1.29, 1.82) is 5.26 Å². The summed E-state index contributed by atoms with van der Waals surface area (Å²) < 4.78 is 1.60. The summed E-state index contributed by atoms with van der Waals surface area (Å²) in [5.74, 6) is 2.07. The molecule has 0 saturated heterocycles. The fourth-order valence-electron chi connectivity index (χ4n) is 1.42. The van der Waals surface area contributed by atoms with Crippen LogP contribution < -0.4 is 0 Å². The van der Waals surface area contributed by atoms with Gasteiger partial charge in [-0.05, 0) is 22.8 Å². The van der Waals surface area contributed by atoms with Crippen LogP contribution in [0.3, 0.4) is 0 Å². The summed E-state index contributed by atoms with van der Waals surface area (Å²) in [7, 11) is 0. The summed E-state index contributed by atoms with van der Waals surface area (Å²) in [6.07, 6.45) is 5.86. The van der Waals surface area contributed by atoms with Crippen LogP contribution in [0.15, 0.2) is 11.6 Å². The number of thioether (sulfide) groups is 1. The van der Waals surface area contributed by atoms with Gasteiger partial charge in [0.2, 0.25) is 0 Å². The van der Waals surface area contributed by atoms with E-state index in [1.165, 1.54) is 0 Å². The summed E-state index contributed by atoms with van der Waals surface area (Å²) in [5.41, 5.74) is 1.26. The van der Waals surface area contributed by atoms with Crippen molar-refractivity contribution in [1.82, 2.24) is 9.55 Å². The Morgan fingerprint density at radius 2 is 2.17 bits per heavy atom. The minimum Gasteiger partial charge on any atom is -0.236 e. The molecule has 1 aromatic heterocycles. The smallest absolute Gasteiger partial charge is 0.190 e. The van der Waals surface area contributed by atoms with Gasteiger partial charge < -0.3 is 0 Å². The maximum atomic E-state index is 9.16. The normalized spacial score (nSPS) is 12.3. The molecule has 1 rings (SSSR count). The van der Waals surface area contributed by atoms with Crippen molar-refractivity contribution in [3.63, 3.8) is 0 Å². The molecule has 0 saturated carbocycles. The Labute approximate surface area is 114 Å². The average molecular weight is 263 g/mol. The van der Waals surface area contributed by atoms with Gasteiger partial charge in [0.05, 0.1) is 11.9 Å². The zero-order chi connectivity index (χ0) is 13.8. The highest BCUT2D eigenvalue weighted by Gasteiger charge is 2.11. The molecule has 0 atom stereocenters. The number of nitrogens with zero attached hydrogens (tertiary/aromatic N) is 3. The van der Waals surface area contributed by atoms with Crippen LogP contribution in [0.5, 0.6) is 0 Å². The van der Waals surface area contributed by atoms with E-state index in [1.807, 2.05) is 11.5 Å². The molecule has 0 aliphatic carbocycles. The molecule has 1 aromatic rings. The molecule has 0 aliphatic heterocycles. The van der Waals surface area contributed by atoms with Crippen molar-refractivity contribution in [2.75, 3.05) is 5.75 Å². The molecule has 0 aromatic carbocycles. The lowest BCUT2D eigenvalue weighted by atomic mass is 10.0. The van der Waals surface area contributed by atoms with Gasteiger partial charge in [-0.2, -0.15) is 5.26 Å². The number of imidazole rings is 1. The molecule has 0 amide bonds. The Morgan fingerprint density at radius 1 is 1.50 bits per heavy atom. The molecule has 0 aliphatic rings. The molecular formula is C14H21N3S. The molecule has 0 bridgehead atoms. The number of rotatable bonds is 4. The van der Waals surface area contributed by atoms with Gasteiger partial charge in [0, 0.05) is 5.75 Å². The van der Waals surface area contributed by atoms with E-state index in [4.69, 9.17) is 5.26 Å². The van der Waals surface area contributed by atoms with Gasteiger partial charge >= 0.3 is 0 Å². The predicted octanol–water partition coefficient (Wildman–Crippen LogP) is 4.09. The van der Waals surface area contributed by atoms with Crippen LogP contribution >= 0.6 is 11.8 Å². The Morgan fingerprint density at radius 3 is 2.67 bits per heavy atom. The first kappa shape index (κ1) is 14.8. The second-order valence-corrected chi connectivity index (χ2v) is 6.70. The van der Waals surface area contributed by atoms with Crippen molar-refractivity contribution in [2.45, 2.75) is 40.5 Å². The van der Waals surface area contributed by atoms with Crippen LogP contribution in [0.2, 0.25) is 0 Å². The van der Waals surface area contributed by atoms with Gasteiger partial charge in [0.1, 0.15) is 5.82 Å². The largest absolute Gasteiger partial charge is 0.236 e. The van der Waals surface area contributed by atoms with Crippen molar-refractivity contribution in [3.8, 4) is 6.19 Å². The Hall–Kier alpha value is -1.21. The third-order valence-corrected chi connectivity index (χ3v) is 3.70. The molecule has 98 valence electrons. The molecule has 0 radical (unpaired) electrons. The highest BCUT2D eigenvalue weighted by Crippen LogP contribution is 2.22. The highest BCUT2D eigenvalue weighted by molar-refractivity contribution is 8.02. The maximum absolute atomic E-state index is 9.16. The van der Waals surface area contributed by atoms with Gasteiger partial charge in [-0.1, -0.05) is 34.6 Å². The summed E-state index contributed by atoms with van der Waals surface area (Å²) in [6, 6.07) is 0. The van der Waals surface area contributed by atoms with Crippen LogP contribution in [-0.2, 0) is 0 Å². The monoisotopic (exact) mass is 263 g/mol. The summed E-state index contributed by atoms with van der Waals surface area (Å²) in [6.45, 7) is 10.8. The third-order valence-electron chi connectivity index (χ3n) is 2.34. The lowest BCUT2D eigenvalue weighted by molar-refractivity contribution is 0.481. The van der Waals surface area contributed by atoms with Crippen LogP contribution in [0.25, 0.3) is 6.08 Å². The van der Waals surface area contributed by atoms with E-state index in [9.17, 15) is 0 Å². The topological polar surface area (TPSA) is 41.6 Å². The van der Waals surface area contributed by atoms with Crippen LogP contribution in [-0.4, -0.2) is 15.3 Å². The van der Waals surface area contributed by atoms with E-state index < -0.39 is 0 Å². The molecule has 0 N–H and O–H groups in total. The standard InChI is InChI=1S/C14H21N3S/c1-11(2)12-8-16-13(17(12)10-15)6-7-18-9-14(3,4)5/h6-8,11H,9H2,1-5H3/b7-6+. The molecule has 0 spiro atoms. The van der Waals surface area contributed by atoms with E-state index in [1.54, 1.807) is 22.5 Å². The quantitative estimate of drug-likeness (QED) is 0.821. The van der Waals surface area contributed by atoms with Gasteiger partial charge in [-0.15, -0.1) is 11.8 Å². The lowest BCUT2D eigenvalue weighted by Gasteiger charge is -2.15. The van der Waals surface area contributed by atoms with Crippen LogP contribution in [0, 0.1) is 16.9 Å². The van der Waals surface area contributed by atoms with Crippen molar-refractivity contribution >= 4 is 17.8 Å². The fourth-order valence-corrected chi connectivity index (χ4v) is 2.24. The average Bonchev–Trinajstić information content (AvgIpc) is 2.66. The molecule has 1 heterocycles. The summed E-state index contributed by atoms with van der Waals surface area (Å²) >= 11 is 1.75. The zero-order valence-corrected chi connectivity index (χ0v) is 12.6. The minimum absolute atomic E-state index is 0.307. The van der Waals surface area contributed by atoms with Gasteiger partial charge in [0.15, 0.2) is 6.19 Å². The number of aromatic nitrogens is 2. The first-order valence-corrected chi connectivity index (χ1v) is 7.16. The Bertz CT molecular complexity index is 458.